The fourth-order valence-corrected chi connectivity index (χ4v) is 2.98. The number of aromatic nitrogens is 1. The van der Waals surface area contributed by atoms with Gasteiger partial charge in [0.05, 0.1) is 12.7 Å². The number of carbonyl (C=O) groups excluding carboxylic acids is 1. The monoisotopic (exact) mass is 375 g/mol. The highest BCUT2D eigenvalue weighted by Gasteiger charge is 2.10. The van der Waals surface area contributed by atoms with Crippen molar-refractivity contribution in [3.05, 3.63) is 83.6 Å². The molecule has 3 aromatic rings. The van der Waals surface area contributed by atoms with E-state index in [-0.39, 0.29) is 5.91 Å². The number of hydrogen-bond acceptors (Lipinski definition) is 4. The minimum absolute atomic E-state index is 0.174. The average Bonchev–Trinajstić information content (AvgIpc) is 2.73. The smallest absolute Gasteiger partial charge is 0.253 e. The van der Waals surface area contributed by atoms with Crippen LogP contribution in [0.3, 0.4) is 0 Å². The summed E-state index contributed by atoms with van der Waals surface area (Å²) in [5.41, 5.74) is 3.69. The van der Waals surface area contributed by atoms with Crippen molar-refractivity contribution in [2.45, 2.75) is 26.3 Å². The van der Waals surface area contributed by atoms with Crippen molar-refractivity contribution < 1.29 is 9.53 Å². The molecule has 1 heterocycles. The Kier molecular flexibility index (Phi) is 6.27. The molecule has 0 fully saturated rings. The second kappa shape index (κ2) is 9.04. The van der Waals surface area contributed by atoms with Gasteiger partial charge in [-0.1, -0.05) is 50.2 Å². The predicted octanol–water partition coefficient (Wildman–Crippen LogP) is 4.89. The van der Waals surface area contributed by atoms with Crippen LogP contribution in [0.25, 0.3) is 0 Å². The standard InChI is InChI=1S/C23H25N3O2/c1-16(2)19-9-5-6-10-20(19)26-22-13-12-18(15-24-22)23(27)25-14-17-8-4-7-11-21(17)28-3/h4-13,15-16H,14H2,1-3H3,(H,24,26)(H,25,27). The summed E-state index contributed by atoms with van der Waals surface area (Å²) in [6.07, 6.45) is 1.58. The normalized spacial score (nSPS) is 10.6. The van der Waals surface area contributed by atoms with E-state index in [1.807, 2.05) is 48.5 Å². The lowest BCUT2D eigenvalue weighted by Crippen LogP contribution is -2.23. The third-order valence-corrected chi connectivity index (χ3v) is 4.50. The summed E-state index contributed by atoms with van der Waals surface area (Å²) in [5.74, 6) is 1.69. The van der Waals surface area contributed by atoms with Crippen LogP contribution in [0.4, 0.5) is 11.5 Å². The first-order chi connectivity index (χ1) is 13.6. The highest BCUT2D eigenvalue weighted by molar-refractivity contribution is 5.94. The number of nitrogens with one attached hydrogen (secondary N) is 2. The number of anilines is 2. The number of nitrogens with zero attached hydrogens (tertiary/aromatic N) is 1. The Bertz CT molecular complexity index is 937. The fourth-order valence-electron chi connectivity index (χ4n) is 2.98. The Morgan fingerprint density at radius 2 is 1.79 bits per heavy atom. The van der Waals surface area contributed by atoms with Crippen LogP contribution in [-0.4, -0.2) is 18.0 Å². The average molecular weight is 375 g/mol. The number of amides is 1. The summed E-state index contributed by atoms with van der Waals surface area (Å²) in [5, 5.41) is 6.24. The van der Waals surface area contributed by atoms with Crippen LogP contribution in [0, 0.1) is 0 Å². The van der Waals surface area contributed by atoms with Crippen molar-refractivity contribution in [2.75, 3.05) is 12.4 Å². The van der Waals surface area contributed by atoms with Crippen LogP contribution in [0.2, 0.25) is 0 Å². The van der Waals surface area contributed by atoms with E-state index in [2.05, 4.69) is 35.5 Å². The van der Waals surface area contributed by atoms with Crippen LogP contribution in [0.5, 0.6) is 5.75 Å². The number of rotatable bonds is 7. The van der Waals surface area contributed by atoms with Crippen molar-refractivity contribution in [2.24, 2.45) is 0 Å². The molecule has 0 bridgehead atoms. The van der Waals surface area contributed by atoms with Gasteiger partial charge in [0, 0.05) is 24.0 Å². The van der Waals surface area contributed by atoms with E-state index in [0.717, 1.165) is 17.0 Å². The molecule has 0 atom stereocenters. The molecule has 0 radical (unpaired) electrons. The molecule has 5 nitrogen and oxygen atoms in total. The maximum atomic E-state index is 12.4. The van der Waals surface area contributed by atoms with Crippen LogP contribution in [-0.2, 0) is 6.54 Å². The second-order valence-electron chi connectivity index (χ2n) is 6.79. The molecule has 1 amide bonds. The fraction of sp³-hybridized carbons (Fsp3) is 0.217. The van der Waals surface area contributed by atoms with Crippen molar-refractivity contribution >= 4 is 17.4 Å². The molecule has 28 heavy (non-hydrogen) atoms. The van der Waals surface area contributed by atoms with E-state index in [0.29, 0.717) is 23.8 Å². The molecule has 144 valence electrons. The van der Waals surface area contributed by atoms with Gasteiger partial charge in [0.1, 0.15) is 11.6 Å². The number of pyridine rings is 1. The molecule has 0 aliphatic carbocycles. The second-order valence-corrected chi connectivity index (χ2v) is 6.79. The summed E-state index contributed by atoms with van der Waals surface area (Å²) >= 11 is 0. The molecule has 0 aliphatic heterocycles. The van der Waals surface area contributed by atoms with E-state index < -0.39 is 0 Å². The third-order valence-electron chi connectivity index (χ3n) is 4.50. The summed E-state index contributed by atoms with van der Waals surface area (Å²) in [6, 6.07) is 19.4. The zero-order chi connectivity index (χ0) is 19.9. The molecular formula is C23H25N3O2. The van der Waals surface area contributed by atoms with Crippen molar-refractivity contribution in [1.82, 2.24) is 10.3 Å². The van der Waals surface area contributed by atoms with Gasteiger partial charge in [0.15, 0.2) is 0 Å². The quantitative estimate of drug-likeness (QED) is 0.617. The molecule has 2 aromatic carbocycles. The van der Waals surface area contributed by atoms with E-state index in [9.17, 15) is 4.79 Å². The maximum Gasteiger partial charge on any atom is 0.253 e. The summed E-state index contributed by atoms with van der Waals surface area (Å²) in [7, 11) is 1.62. The Morgan fingerprint density at radius 3 is 2.50 bits per heavy atom. The van der Waals surface area contributed by atoms with Gasteiger partial charge in [-0.3, -0.25) is 4.79 Å². The van der Waals surface area contributed by atoms with E-state index in [1.54, 1.807) is 19.4 Å². The summed E-state index contributed by atoms with van der Waals surface area (Å²) < 4.78 is 5.31. The van der Waals surface area contributed by atoms with Gasteiger partial charge in [0.2, 0.25) is 0 Å². The number of ether oxygens (including phenoxy) is 1. The number of hydrogen-bond donors (Lipinski definition) is 2. The molecule has 0 spiro atoms. The highest BCUT2D eigenvalue weighted by Crippen LogP contribution is 2.26. The van der Waals surface area contributed by atoms with Gasteiger partial charge < -0.3 is 15.4 Å². The van der Waals surface area contributed by atoms with Crippen LogP contribution in [0.15, 0.2) is 66.9 Å². The third kappa shape index (κ3) is 4.68. The Balaban J connectivity index is 1.65. The van der Waals surface area contributed by atoms with Crippen LogP contribution < -0.4 is 15.4 Å². The number of para-hydroxylation sites is 2. The minimum atomic E-state index is -0.174. The highest BCUT2D eigenvalue weighted by atomic mass is 16.5. The van der Waals surface area contributed by atoms with Crippen molar-refractivity contribution in [3.8, 4) is 5.75 Å². The van der Waals surface area contributed by atoms with Crippen molar-refractivity contribution in [1.29, 1.82) is 0 Å². The van der Waals surface area contributed by atoms with Gasteiger partial charge in [-0.05, 0) is 35.7 Å². The number of carbonyl (C=O) groups is 1. The lowest BCUT2D eigenvalue weighted by molar-refractivity contribution is 0.0950. The van der Waals surface area contributed by atoms with Gasteiger partial charge >= 0.3 is 0 Å². The van der Waals surface area contributed by atoms with Gasteiger partial charge in [-0.25, -0.2) is 4.98 Å². The molecular weight excluding hydrogens is 350 g/mol. The predicted molar refractivity (Wildman–Crippen MR) is 112 cm³/mol. The molecule has 5 heteroatoms. The minimum Gasteiger partial charge on any atom is -0.496 e. The largest absolute Gasteiger partial charge is 0.496 e. The van der Waals surface area contributed by atoms with E-state index in [4.69, 9.17) is 4.74 Å². The SMILES string of the molecule is COc1ccccc1CNC(=O)c1ccc(Nc2ccccc2C(C)C)nc1. The van der Waals surface area contributed by atoms with Crippen molar-refractivity contribution in [3.63, 3.8) is 0 Å². The maximum absolute atomic E-state index is 12.4. The van der Waals surface area contributed by atoms with E-state index in [1.165, 1.54) is 5.56 Å². The lowest BCUT2D eigenvalue weighted by Gasteiger charge is -2.14. The Morgan fingerprint density at radius 1 is 1.04 bits per heavy atom. The first-order valence-electron chi connectivity index (χ1n) is 9.30. The van der Waals surface area contributed by atoms with Crippen LogP contribution in [0.1, 0.15) is 41.3 Å². The van der Waals surface area contributed by atoms with Crippen LogP contribution >= 0.6 is 0 Å². The molecule has 1 aromatic heterocycles. The van der Waals surface area contributed by atoms with Gasteiger partial charge in [-0.15, -0.1) is 0 Å². The van der Waals surface area contributed by atoms with Gasteiger partial charge in [0.25, 0.3) is 5.91 Å². The Labute approximate surface area is 165 Å². The molecule has 0 saturated carbocycles. The first kappa shape index (κ1) is 19.4. The summed E-state index contributed by atoms with van der Waals surface area (Å²) in [6.45, 7) is 4.71. The summed E-state index contributed by atoms with van der Waals surface area (Å²) in [4.78, 5) is 16.8. The lowest BCUT2D eigenvalue weighted by atomic mass is 10.0. The molecule has 0 unspecified atom stereocenters. The number of methoxy groups -OCH3 is 1. The Hall–Kier alpha value is -3.34. The molecule has 0 saturated heterocycles. The topological polar surface area (TPSA) is 63.2 Å². The zero-order valence-corrected chi connectivity index (χ0v) is 16.4. The zero-order valence-electron chi connectivity index (χ0n) is 16.4. The van der Waals surface area contributed by atoms with E-state index >= 15 is 0 Å². The molecule has 2 N–H and O–H groups in total. The number of benzene rings is 2. The molecule has 3 rings (SSSR count). The first-order valence-corrected chi connectivity index (χ1v) is 9.30. The van der Waals surface area contributed by atoms with Gasteiger partial charge in [-0.2, -0.15) is 0 Å². The molecule has 0 aliphatic rings.